The van der Waals surface area contributed by atoms with Gasteiger partial charge in [0.15, 0.2) is 0 Å². The van der Waals surface area contributed by atoms with Gasteiger partial charge in [-0.3, -0.25) is 4.79 Å². The van der Waals surface area contributed by atoms with Crippen LogP contribution in [0.3, 0.4) is 0 Å². The van der Waals surface area contributed by atoms with Crippen molar-refractivity contribution in [1.82, 2.24) is 9.88 Å². The molecule has 1 aromatic rings. The zero-order chi connectivity index (χ0) is 15.8. The Hall–Kier alpha value is -0.760. The quantitative estimate of drug-likeness (QED) is 0.577. The van der Waals surface area contributed by atoms with Gasteiger partial charge in [-0.15, -0.1) is 0 Å². The smallest absolute Gasteiger partial charge is 0.223 e. The maximum Gasteiger partial charge on any atom is 0.223 e. The van der Waals surface area contributed by atoms with E-state index in [1.54, 1.807) is 39.8 Å². The minimum Gasteiger partial charge on any atom is -0.391 e. The molecule has 1 aliphatic rings. The average molecular weight is 342 g/mol. The molecule has 1 aliphatic heterocycles. The summed E-state index contributed by atoms with van der Waals surface area (Å²) in [4.78, 5) is 18.2. The first-order valence-electron chi connectivity index (χ1n) is 7.37. The maximum absolute atomic E-state index is 12.2. The molecule has 22 heavy (non-hydrogen) atoms. The van der Waals surface area contributed by atoms with Crippen LogP contribution in [0.4, 0.5) is 0 Å². The minimum absolute atomic E-state index is 0.0167. The van der Waals surface area contributed by atoms with E-state index in [1.165, 1.54) is 0 Å². The summed E-state index contributed by atoms with van der Waals surface area (Å²) in [5.41, 5.74) is 0. The molecule has 0 saturated carbocycles. The van der Waals surface area contributed by atoms with Crippen LogP contribution in [-0.2, 0) is 9.53 Å². The van der Waals surface area contributed by atoms with Gasteiger partial charge in [0.05, 0.1) is 18.8 Å². The number of pyridine rings is 1. The fourth-order valence-corrected chi connectivity index (χ4v) is 4.44. The number of likely N-dealkylation sites (tertiary alicyclic amines) is 1. The molecule has 0 aliphatic carbocycles. The molecule has 122 valence electrons. The summed E-state index contributed by atoms with van der Waals surface area (Å²) in [6, 6.07) is 5.86. The molecule has 7 heteroatoms. The van der Waals surface area contributed by atoms with E-state index in [2.05, 4.69) is 4.98 Å². The van der Waals surface area contributed by atoms with Crippen LogP contribution in [0.2, 0.25) is 0 Å². The number of aromatic nitrogens is 1. The van der Waals surface area contributed by atoms with Gasteiger partial charge in [-0.25, -0.2) is 4.98 Å². The Morgan fingerprint density at radius 2 is 2.41 bits per heavy atom. The van der Waals surface area contributed by atoms with Crippen molar-refractivity contribution < 1.29 is 14.6 Å². The Balaban J connectivity index is 1.65. The topological polar surface area (TPSA) is 62.7 Å². The van der Waals surface area contributed by atoms with Crippen LogP contribution in [-0.4, -0.2) is 59.1 Å². The molecule has 1 aromatic heterocycles. The molecule has 1 N–H and O–H groups in total. The van der Waals surface area contributed by atoms with Gasteiger partial charge in [0.1, 0.15) is 5.03 Å². The number of hydrogen-bond acceptors (Lipinski definition) is 6. The van der Waals surface area contributed by atoms with Gasteiger partial charge < -0.3 is 14.7 Å². The Morgan fingerprint density at radius 3 is 3.14 bits per heavy atom. The van der Waals surface area contributed by atoms with Crippen molar-refractivity contribution in [2.45, 2.75) is 36.4 Å². The highest BCUT2D eigenvalue weighted by Crippen LogP contribution is 2.30. The van der Waals surface area contributed by atoms with Crippen LogP contribution in [0.15, 0.2) is 29.4 Å². The van der Waals surface area contributed by atoms with Crippen molar-refractivity contribution in [1.29, 1.82) is 0 Å². The number of aliphatic hydroxyl groups excluding tert-OH is 1. The molecule has 5 nitrogen and oxygen atoms in total. The van der Waals surface area contributed by atoms with Gasteiger partial charge in [0.2, 0.25) is 5.91 Å². The largest absolute Gasteiger partial charge is 0.391 e. The highest BCUT2D eigenvalue weighted by molar-refractivity contribution is 8.76. The van der Waals surface area contributed by atoms with Crippen LogP contribution >= 0.6 is 21.6 Å². The van der Waals surface area contributed by atoms with Crippen LogP contribution in [0.25, 0.3) is 0 Å². The predicted octanol–water partition coefficient (Wildman–Crippen LogP) is 2.21. The summed E-state index contributed by atoms with van der Waals surface area (Å²) in [6.07, 6.45) is 3.32. The van der Waals surface area contributed by atoms with Crippen LogP contribution < -0.4 is 0 Å². The molecule has 1 saturated heterocycles. The standard InChI is InChI=1S/C15H22N2O3S2/c1-20-11-12-9-13(18)10-17(12)15(19)6-4-8-21-22-14-5-2-3-7-16-14/h2-3,5,7,12-13,18H,4,6,8-11H2,1H3/t12-,13+/m1/s1. The molecule has 0 aromatic carbocycles. The van der Waals surface area contributed by atoms with E-state index in [0.29, 0.717) is 26.0 Å². The molecular weight excluding hydrogens is 320 g/mol. The first kappa shape index (κ1) is 17.6. The highest BCUT2D eigenvalue weighted by atomic mass is 33.1. The monoisotopic (exact) mass is 342 g/mol. The Bertz CT molecular complexity index is 461. The van der Waals surface area contributed by atoms with Crippen LogP contribution in [0.1, 0.15) is 19.3 Å². The van der Waals surface area contributed by atoms with Crippen molar-refractivity contribution >= 4 is 27.5 Å². The normalized spacial score (nSPS) is 21.3. The predicted molar refractivity (Wildman–Crippen MR) is 89.8 cm³/mol. The molecule has 2 rings (SSSR count). The molecule has 1 amide bonds. The van der Waals surface area contributed by atoms with E-state index in [4.69, 9.17) is 4.74 Å². The molecular formula is C15H22N2O3S2. The van der Waals surface area contributed by atoms with Gasteiger partial charge in [0.25, 0.3) is 0 Å². The third-order valence-corrected chi connectivity index (χ3v) is 5.82. The van der Waals surface area contributed by atoms with Gasteiger partial charge in [-0.05, 0) is 35.8 Å². The number of nitrogens with zero attached hydrogens (tertiary/aromatic N) is 2. The van der Waals surface area contributed by atoms with Crippen molar-refractivity contribution in [3.8, 4) is 0 Å². The summed E-state index contributed by atoms with van der Waals surface area (Å²) in [7, 11) is 4.97. The number of aliphatic hydroxyl groups is 1. The molecule has 2 heterocycles. The van der Waals surface area contributed by atoms with Crippen molar-refractivity contribution in [2.24, 2.45) is 0 Å². The Morgan fingerprint density at radius 1 is 1.55 bits per heavy atom. The number of β-amino-alcohol motifs (C(OH)–C–C–N with tert-alkyl or cyclic N) is 1. The number of carbonyl (C=O) groups excluding carboxylic acids is 1. The Labute approximate surface area is 139 Å². The van der Waals surface area contributed by atoms with E-state index in [0.717, 1.165) is 17.2 Å². The van der Waals surface area contributed by atoms with Crippen molar-refractivity contribution in [2.75, 3.05) is 26.0 Å². The lowest BCUT2D eigenvalue weighted by Gasteiger charge is -2.23. The average Bonchev–Trinajstić information content (AvgIpc) is 2.89. The van der Waals surface area contributed by atoms with Gasteiger partial charge in [0, 0.05) is 32.0 Å². The summed E-state index contributed by atoms with van der Waals surface area (Å²) in [5, 5.41) is 10.7. The van der Waals surface area contributed by atoms with E-state index in [1.807, 2.05) is 18.2 Å². The minimum atomic E-state index is -0.418. The number of methoxy groups -OCH3 is 1. The number of ether oxygens (including phenoxy) is 1. The van der Waals surface area contributed by atoms with Gasteiger partial charge >= 0.3 is 0 Å². The number of rotatable bonds is 8. The van der Waals surface area contributed by atoms with Gasteiger partial charge in [-0.2, -0.15) is 0 Å². The first-order chi connectivity index (χ1) is 10.7. The lowest BCUT2D eigenvalue weighted by molar-refractivity contribution is -0.133. The summed E-state index contributed by atoms with van der Waals surface area (Å²) < 4.78 is 5.13. The van der Waals surface area contributed by atoms with Crippen molar-refractivity contribution in [3.05, 3.63) is 24.4 Å². The third kappa shape index (κ3) is 5.46. The third-order valence-electron chi connectivity index (χ3n) is 3.47. The zero-order valence-corrected chi connectivity index (χ0v) is 14.3. The van der Waals surface area contributed by atoms with E-state index in [9.17, 15) is 9.90 Å². The van der Waals surface area contributed by atoms with Gasteiger partial charge in [-0.1, -0.05) is 16.9 Å². The van der Waals surface area contributed by atoms with Crippen molar-refractivity contribution in [3.63, 3.8) is 0 Å². The number of carbonyl (C=O) groups is 1. The second-order valence-corrected chi connectivity index (χ2v) is 7.66. The zero-order valence-electron chi connectivity index (χ0n) is 12.7. The summed E-state index contributed by atoms with van der Waals surface area (Å²) in [5.74, 6) is 1.01. The molecule has 1 fully saturated rings. The Kier molecular flexibility index (Phi) is 7.51. The second kappa shape index (κ2) is 9.39. The lowest BCUT2D eigenvalue weighted by atomic mass is 10.2. The maximum atomic E-state index is 12.2. The van der Waals surface area contributed by atoms with E-state index in [-0.39, 0.29) is 11.9 Å². The summed E-state index contributed by atoms with van der Waals surface area (Å²) >= 11 is 0. The highest BCUT2D eigenvalue weighted by Gasteiger charge is 2.33. The lowest BCUT2D eigenvalue weighted by Crippen LogP contribution is -2.38. The number of amides is 1. The van der Waals surface area contributed by atoms with E-state index < -0.39 is 6.10 Å². The fourth-order valence-electron chi connectivity index (χ4n) is 2.47. The number of hydrogen-bond donors (Lipinski definition) is 1. The summed E-state index contributed by atoms with van der Waals surface area (Å²) in [6.45, 7) is 0.926. The van der Waals surface area contributed by atoms with E-state index >= 15 is 0 Å². The second-order valence-electron chi connectivity index (χ2n) is 5.22. The molecule has 0 unspecified atom stereocenters. The fraction of sp³-hybridized carbons (Fsp3) is 0.600. The molecule has 0 bridgehead atoms. The molecule has 2 atom stereocenters. The van der Waals surface area contributed by atoms with Crippen LogP contribution in [0, 0.1) is 0 Å². The first-order valence-corrected chi connectivity index (χ1v) is 9.69. The SMILES string of the molecule is COC[C@H]1C[C@H](O)CN1C(=O)CCCSSc1ccccn1. The molecule has 0 spiro atoms. The van der Waals surface area contributed by atoms with Crippen LogP contribution in [0.5, 0.6) is 0 Å². The molecule has 0 radical (unpaired) electrons.